The van der Waals surface area contributed by atoms with Crippen LogP contribution in [0.5, 0.6) is 11.5 Å². The average molecular weight is 350 g/mol. The lowest BCUT2D eigenvalue weighted by Gasteiger charge is -2.04. The molecule has 0 bridgehead atoms. The molecule has 2 rings (SSSR count). The quantitative estimate of drug-likeness (QED) is 0.489. The highest BCUT2D eigenvalue weighted by Gasteiger charge is 2.14. The Bertz CT molecular complexity index is 823. The molecule has 0 atom stereocenters. The van der Waals surface area contributed by atoms with Crippen molar-refractivity contribution in [2.24, 2.45) is 5.10 Å². The Balaban J connectivity index is 2.14. The molecule has 0 aliphatic carbocycles. The van der Waals surface area contributed by atoms with Crippen LogP contribution in [0.15, 0.2) is 41.5 Å². The number of phenols is 1. The number of aromatic hydroxyl groups is 1. The number of carbonyl (C=O) groups is 1. The average Bonchev–Trinajstić information content (AvgIpc) is 2.56. The lowest BCUT2D eigenvalue weighted by molar-refractivity contribution is -0.385. The third-order valence-electron chi connectivity index (χ3n) is 2.98. The Morgan fingerprint density at radius 3 is 2.79 bits per heavy atom. The molecule has 1 amide bonds. The van der Waals surface area contributed by atoms with Gasteiger partial charge in [-0.2, -0.15) is 5.10 Å². The Hall–Kier alpha value is -3.13. The van der Waals surface area contributed by atoms with Crippen LogP contribution in [-0.2, 0) is 0 Å². The first-order valence-corrected chi connectivity index (χ1v) is 6.94. The highest BCUT2D eigenvalue weighted by molar-refractivity contribution is 6.31. The van der Waals surface area contributed by atoms with Crippen LogP contribution in [0.25, 0.3) is 0 Å². The van der Waals surface area contributed by atoms with Gasteiger partial charge in [0.15, 0.2) is 5.75 Å². The summed E-state index contributed by atoms with van der Waals surface area (Å²) in [5.74, 6) is -0.800. The van der Waals surface area contributed by atoms with Gasteiger partial charge in [0.2, 0.25) is 0 Å². The largest absolute Gasteiger partial charge is 0.507 e. The number of halogens is 1. The number of methoxy groups -OCH3 is 1. The van der Waals surface area contributed by atoms with Gasteiger partial charge in [-0.05, 0) is 30.3 Å². The number of phenolic OH excluding ortho intramolecular Hbond substituents is 1. The molecule has 0 saturated heterocycles. The number of nitro groups is 1. The van der Waals surface area contributed by atoms with Crippen molar-refractivity contribution in [1.82, 2.24) is 5.43 Å². The zero-order chi connectivity index (χ0) is 17.7. The van der Waals surface area contributed by atoms with Crippen LogP contribution in [0.1, 0.15) is 15.9 Å². The summed E-state index contributed by atoms with van der Waals surface area (Å²) in [6.45, 7) is 0. The molecule has 0 heterocycles. The monoisotopic (exact) mass is 349 g/mol. The number of amides is 1. The molecular formula is C15H12ClN3O5. The van der Waals surface area contributed by atoms with Gasteiger partial charge in [0, 0.05) is 16.7 Å². The van der Waals surface area contributed by atoms with Gasteiger partial charge >= 0.3 is 5.69 Å². The second kappa shape index (κ2) is 7.42. The normalized spacial score (nSPS) is 10.6. The van der Waals surface area contributed by atoms with Gasteiger partial charge < -0.3 is 9.84 Å². The van der Waals surface area contributed by atoms with Crippen molar-refractivity contribution in [3.63, 3.8) is 0 Å². The first kappa shape index (κ1) is 17.2. The molecule has 8 nitrogen and oxygen atoms in total. The third-order valence-corrected chi connectivity index (χ3v) is 3.22. The van der Waals surface area contributed by atoms with Crippen molar-refractivity contribution in [3.05, 3.63) is 62.7 Å². The molecule has 2 aromatic carbocycles. The molecule has 0 unspecified atom stereocenters. The number of hydrazone groups is 1. The molecule has 124 valence electrons. The fourth-order valence-electron chi connectivity index (χ4n) is 1.85. The maximum atomic E-state index is 11.9. The van der Waals surface area contributed by atoms with Crippen LogP contribution in [0.3, 0.4) is 0 Å². The van der Waals surface area contributed by atoms with Crippen molar-refractivity contribution in [2.45, 2.75) is 0 Å². The zero-order valence-corrected chi connectivity index (χ0v) is 13.1. The maximum Gasteiger partial charge on any atom is 0.311 e. The molecular weight excluding hydrogens is 338 g/mol. The minimum atomic E-state index is -0.672. The first-order chi connectivity index (χ1) is 11.4. The van der Waals surface area contributed by atoms with Gasteiger partial charge in [-0.1, -0.05) is 11.6 Å². The number of hydrogen-bond acceptors (Lipinski definition) is 6. The second-order valence-electron chi connectivity index (χ2n) is 4.55. The fraction of sp³-hybridized carbons (Fsp3) is 0.0667. The summed E-state index contributed by atoms with van der Waals surface area (Å²) < 4.78 is 4.89. The Labute approximate surface area is 141 Å². The summed E-state index contributed by atoms with van der Waals surface area (Å²) in [5.41, 5.74) is 2.33. The van der Waals surface area contributed by atoms with E-state index in [-0.39, 0.29) is 27.8 Å². The zero-order valence-electron chi connectivity index (χ0n) is 12.4. The molecule has 0 aliphatic heterocycles. The number of ether oxygens (including phenoxy) is 1. The fourth-order valence-corrected chi connectivity index (χ4v) is 2.02. The van der Waals surface area contributed by atoms with E-state index in [2.05, 4.69) is 10.5 Å². The minimum absolute atomic E-state index is 0.0413. The van der Waals surface area contributed by atoms with E-state index in [1.54, 1.807) is 6.07 Å². The molecule has 9 heteroatoms. The number of rotatable bonds is 5. The van der Waals surface area contributed by atoms with Gasteiger partial charge in [0.25, 0.3) is 5.91 Å². The van der Waals surface area contributed by atoms with Crippen molar-refractivity contribution < 1.29 is 19.6 Å². The van der Waals surface area contributed by atoms with Crippen LogP contribution in [0.2, 0.25) is 5.02 Å². The Morgan fingerprint density at radius 1 is 1.38 bits per heavy atom. The van der Waals surface area contributed by atoms with E-state index < -0.39 is 10.8 Å². The molecule has 0 radical (unpaired) electrons. The predicted molar refractivity (Wildman–Crippen MR) is 87.8 cm³/mol. The van der Waals surface area contributed by atoms with E-state index in [1.807, 2.05) is 0 Å². The number of nitro benzene ring substituents is 1. The number of nitrogens with zero attached hydrogens (tertiary/aromatic N) is 2. The van der Waals surface area contributed by atoms with Gasteiger partial charge in [-0.3, -0.25) is 14.9 Å². The summed E-state index contributed by atoms with van der Waals surface area (Å²) >= 11 is 5.76. The molecule has 2 aromatic rings. The number of nitrogens with one attached hydrogen (secondary N) is 1. The number of hydrogen-bond donors (Lipinski definition) is 2. The van der Waals surface area contributed by atoms with Crippen LogP contribution in [0.4, 0.5) is 5.69 Å². The third kappa shape index (κ3) is 3.99. The van der Waals surface area contributed by atoms with Gasteiger partial charge in [-0.15, -0.1) is 0 Å². The molecule has 0 saturated carbocycles. The lowest BCUT2D eigenvalue weighted by Crippen LogP contribution is -2.17. The topological polar surface area (TPSA) is 114 Å². The summed E-state index contributed by atoms with van der Waals surface area (Å²) in [7, 11) is 1.33. The Kier molecular flexibility index (Phi) is 5.33. The van der Waals surface area contributed by atoms with Crippen LogP contribution < -0.4 is 10.2 Å². The highest BCUT2D eigenvalue weighted by atomic mass is 35.5. The van der Waals surface area contributed by atoms with Gasteiger partial charge in [0.05, 0.1) is 23.8 Å². The van der Waals surface area contributed by atoms with Crippen LogP contribution in [0, 0.1) is 10.1 Å². The summed E-state index contributed by atoms with van der Waals surface area (Å²) in [4.78, 5) is 22.3. The smallest absolute Gasteiger partial charge is 0.311 e. The van der Waals surface area contributed by atoms with Crippen LogP contribution in [-0.4, -0.2) is 29.3 Å². The van der Waals surface area contributed by atoms with E-state index in [0.29, 0.717) is 5.56 Å². The predicted octanol–water partition coefficient (Wildman–Crippen LogP) is 2.73. The van der Waals surface area contributed by atoms with Crippen molar-refractivity contribution in [2.75, 3.05) is 7.11 Å². The van der Waals surface area contributed by atoms with Crippen LogP contribution >= 0.6 is 11.6 Å². The molecule has 24 heavy (non-hydrogen) atoms. The number of carbonyl (C=O) groups excluding carboxylic acids is 1. The van der Waals surface area contributed by atoms with Crippen molar-refractivity contribution >= 4 is 29.4 Å². The molecule has 0 fully saturated rings. The molecule has 0 aromatic heterocycles. The Morgan fingerprint density at radius 2 is 2.12 bits per heavy atom. The van der Waals surface area contributed by atoms with E-state index in [0.717, 1.165) is 0 Å². The van der Waals surface area contributed by atoms with E-state index in [1.165, 1.54) is 43.7 Å². The highest BCUT2D eigenvalue weighted by Crippen LogP contribution is 2.26. The standard InChI is InChI=1S/C15H12ClN3O5/c1-24-14-5-2-9(6-12(14)19(22)23)8-17-18-15(21)11-7-10(16)3-4-13(11)20/h2-8,20H,1H3,(H,18,21)/b17-8-. The van der Waals surface area contributed by atoms with E-state index >= 15 is 0 Å². The van der Waals surface area contributed by atoms with Gasteiger partial charge in [-0.25, -0.2) is 5.43 Å². The number of benzene rings is 2. The molecule has 0 spiro atoms. The van der Waals surface area contributed by atoms with E-state index in [4.69, 9.17) is 16.3 Å². The maximum absolute atomic E-state index is 11.9. The molecule has 0 aliphatic rings. The van der Waals surface area contributed by atoms with Crippen molar-refractivity contribution in [3.8, 4) is 11.5 Å². The summed E-state index contributed by atoms with van der Waals surface area (Å²) in [6.07, 6.45) is 1.23. The second-order valence-corrected chi connectivity index (χ2v) is 4.99. The SMILES string of the molecule is COc1ccc(/C=N\NC(=O)c2cc(Cl)ccc2O)cc1[N+](=O)[O-]. The lowest BCUT2D eigenvalue weighted by atomic mass is 10.2. The van der Waals surface area contributed by atoms with Gasteiger partial charge in [0.1, 0.15) is 5.75 Å². The molecule has 2 N–H and O–H groups in total. The summed E-state index contributed by atoms with van der Waals surface area (Å²) in [5, 5.41) is 24.5. The minimum Gasteiger partial charge on any atom is -0.507 e. The van der Waals surface area contributed by atoms with Crippen molar-refractivity contribution in [1.29, 1.82) is 0 Å². The summed E-state index contributed by atoms with van der Waals surface area (Å²) in [6, 6.07) is 8.23. The first-order valence-electron chi connectivity index (χ1n) is 6.56. The van der Waals surface area contributed by atoms with E-state index in [9.17, 15) is 20.0 Å².